The Bertz CT molecular complexity index is 1030. The topological polar surface area (TPSA) is 90.2 Å². The summed E-state index contributed by atoms with van der Waals surface area (Å²) in [4.78, 5) is 4.30. The zero-order valence-corrected chi connectivity index (χ0v) is 15.6. The lowest BCUT2D eigenvalue weighted by molar-refractivity contribution is 0.290. The van der Waals surface area contributed by atoms with Gasteiger partial charge in [-0.2, -0.15) is 4.31 Å². The second-order valence-corrected chi connectivity index (χ2v) is 8.27. The van der Waals surface area contributed by atoms with Crippen molar-refractivity contribution in [3.8, 4) is 5.75 Å². The first kappa shape index (κ1) is 17.6. The number of aryl methyl sites for hydroxylation is 1. The maximum Gasteiger partial charge on any atom is 0.243 e. The molecule has 0 aliphatic carbocycles. The van der Waals surface area contributed by atoms with Gasteiger partial charge in [0.05, 0.1) is 29.9 Å². The number of ether oxygens (including phenoxy) is 1. The van der Waals surface area contributed by atoms with Crippen LogP contribution in [0.2, 0.25) is 0 Å². The lowest BCUT2D eigenvalue weighted by Crippen LogP contribution is -2.38. The molecule has 9 heteroatoms. The third-order valence-corrected chi connectivity index (χ3v) is 6.33. The summed E-state index contributed by atoms with van der Waals surface area (Å²) in [5, 5.41) is 8.28. The molecule has 0 spiro atoms. The van der Waals surface area contributed by atoms with Crippen LogP contribution in [-0.4, -0.2) is 39.2 Å². The molecular weight excluding hydrogens is 366 g/mol. The maximum atomic E-state index is 13.0. The highest BCUT2D eigenvalue weighted by molar-refractivity contribution is 7.89. The minimum atomic E-state index is -3.57. The molecule has 0 amide bonds. The minimum absolute atomic E-state index is 0.208. The molecule has 3 aromatic rings. The number of rotatable bonds is 5. The van der Waals surface area contributed by atoms with Crippen molar-refractivity contribution < 1.29 is 13.2 Å². The van der Waals surface area contributed by atoms with Crippen LogP contribution < -0.4 is 4.74 Å². The largest absolute Gasteiger partial charge is 0.486 e. The predicted octanol–water partition coefficient (Wildman–Crippen LogP) is 1.77. The number of aromatic nitrogens is 4. The van der Waals surface area contributed by atoms with E-state index in [9.17, 15) is 8.42 Å². The van der Waals surface area contributed by atoms with E-state index in [1.54, 1.807) is 53.5 Å². The van der Waals surface area contributed by atoms with Gasteiger partial charge >= 0.3 is 0 Å². The summed E-state index contributed by atoms with van der Waals surface area (Å²) in [7, 11) is -3.57. The van der Waals surface area contributed by atoms with Gasteiger partial charge in [-0.05, 0) is 31.2 Å². The van der Waals surface area contributed by atoms with E-state index in [1.807, 2.05) is 6.92 Å². The van der Waals surface area contributed by atoms with E-state index in [0.717, 1.165) is 11.3 Å². The van der Waals surface area contributed by atoms with E-state index >= 15 is 0 Å². The highest BCUT2D eigenvalue weighted by atomic mass is 32.2. The monoisotopic (exact) mass is 385 g/mol. The average Bonchev–Trinajstić information content (AvgIpc) is 3.10. The predicted molar refractivity (Wildman–Crippen MR) is 97.4 cm³/mol. The maximum absolute atomic E-state index is 13.0. The summed E-state index contributed by atoms with van der Waals surface area (Å²) in [5.41, 5.74) is 2.40. The van der Waals surface area contributed by atoms with E-state index < -0.39 is 10.0 Å². The fourth-order valence-corrected chi connectivity index (χ4v) is 4.33. The van der Waals surface area contributed by atoms with Crippen molar-refractivity contribution in [2.45, 2.75) is 31.5 Å². The molecule has 8 nitrogen and oxygen atoms in total. The van der Waals surface area contributed by atoms with Gasteiger partial charge in [-0.15, -0.1) is 5.10 Å². The van der Waals surface area contributed by atoms with Crippen molar-refractivity contribution in [1.29, 1.82) is 0 Å². The van der Waals surface area contributed by atoms with Crippen LogP contribution in [-0.2, 0) is 29.7 Å². The highest BCUT2D eigenvalue weighted by Gasteiger charge is 2.31. The minimum Gasteiger partial charge on any atom is -0.486 e. The van der Waals surface area contributed by atoms with E-state index in [0.29, 0.717) is 29.4 Å². The molecule has 4 rings (SSSR count). The molecular formula is C18H19N5O3S. The first-order chi connectivity index (χ1) is 13.0. The van der Waals surface area contributed by atoms with Crippen LogP contribution in [0.4, 0.5) is 0 Å². The van der Waals surface area contributed by atoms with Gasteiger partial charge in [0.1, 0.15) is 18.1 Å². The quantitative estimate of drug-likeness (QED) is 0.665. The molecule has 27 heavy (non-hydrogen) atoms. The fourth-order valence-electron chi connectivity index (χ4n) is 2.93. The van der Waals surface area contributed by atoms with Gasteiger partial charge in [0, 0.05) is 12.7 Å². The summed E-state index contributed by atoms with van der Waals surface area (Å²) < 4.78 is 34.8. The number of hydrogen-bond acceptors (Lipinski definition) is 6. The summed E-state index contributed by atoms with van der Waals surface area (Å²) in [6.07, 6.45) is 3.28. The highest BCUT2D eigenvalue weighted by Crippen LogP contribution is 2.23. The number of pyridine rings is 1. The van der Waals surface area contributed by atoms with Crippen LogP contribution in [0.25, 0.3) is 0 Å². The second-order valence-electron chi connectivity index (χ2n) is 6.34. The van der Waals surface area contributed by atoms with Crippen LogP contribution in [0, 0.1) is 6.92 Å². The number of fused-ring (bicyclic) bond motifs is 1. The Labute approximate surface area is 157 Å². The Kier molecular flexibility index (Phi) is 4.63. The van der Waals surface area contributed by atoms with Crippen LogP contribution in [0.5, 0.6) is 5.75 Å². The molecule has 140 valence electrons. The molecule has 0 radical (unpaired) electrons. The molecule has 1 aromatic carbocycles. The van der Waals surface area contributed by atoms with Gasteiger partial charge in [0.25, 0.3) is 0 Å². The summed E-state index contributed by atoms with van der Waals surface area (Å²) >= 11 is 0. The van der Waals surface area contributed by atoms with Crippen molar-refractivity contribution in [2.75, 3.05) is 6.54 Å². The first-order valence-corrected chi connectivity index (χ1v) is 9.99. The average molecular weight is 385 g/mol. The zero-order chi connectivity index (χ0) is 18.9. The van der Waals surface area contributed by atoms with Crippen molar-refractivity contribution in [3.05, 3.63) is 65.7 Å². The van der Waals surface area contributed by atoms with Crippen LogP contribution in [0.1, 0.15) is 17.0 Å². The molecule has 0 saturated carbocycles. The van der Waals surface area contributed by atoms with E-state index in [-0.39, 0.29) is 13.2 Å². The molecule has 0 fully saturated rings. The number of nitrogens with zero attached hydrogens (tertiary/aromatic N) is 5. The molecule has 3 heterocycles. The summed E-state index contributed by atoms with van der Waals surface area (Å²) in [6.45, 7) is 3.17. The molecule has 0 unspecified atom stereocenters. The van der Waals surface area contributed by atoms with E-state index in [1.165, 1.54) is 4.31 Å². The molecule has 0 saturated heterocycles. The van der Waals surface area contributed by atoms with E-state index in [2.05, 4.69) is 15.3 Å². The lowest BCUT2D eigenvalue weighted by atomic mass is 10.2. The van der Waals surface area contributed by atoms with Gasteiger partial charge in [-0.25, -0.2) is 13.1 Å². The SMILES string of the molecule is Cc1ccc(S(=O)(=O)N2CCn3nnc(COc4cccnc4)c3C2)cc1. The summed E-state index contributed by atoms with van der Waals surface area (Å²) in [5.74, 6) is 0.624. The standard InChI is InChI=1S/C18H19N5O3S/c1-14-4-6-16(7-5-14)27(24,25)22-9-10-23-18(12-22)17(20-21-23)13-26-15-3-2-8-19-11-15/h2-8,11H,9-10,12-13H2,1H3. The first-order valence-electron chi connectivity index (χ1n) is 8.55. The van der Waals surface area contributed by atoms with Gasteiger partial charge in [0.15, 0.2) is 0 Å². The van der Waals surface area contributed by atoms with Crippen molar-refractivity contribution in [3.63, 3.8) is 0 Å². The second kappa shape index (κ2) is 7.09. The third kappa shape index (κ3) is 3.56. The van der Waals surface area contributed by atoms with Crippen LogP contribution in [0.15, 0.2) is 53.7 Å². The summed E-state index contributed by atoms with van der Waals surface area (Å²) in [6, 6.07) is 10.5. The van der Waals surface area contributed by atoms with Crippen LogP contribution >= 0.6 is 0 Å². The van der Waals surface area contributed by atoms with Gasteiger partial charge in [-0.1, -0.05) is 22.9 Å². The number of hydrogen-bond donors (Lipinski definition) is 0. The van der Waals surface area contributed by atoms with Crippen molar-refractivity contribution >= 4 is 10.0 Å². The zero-order valence-electron chi connectivity index (χ0n) is 14.8. The number of sulfonamides is 1. The smallest absolute Gasteiger partial charge is 0.243 e. The Hall–Kier alpha value is -2.78. The Morgan fingerprint density at radius 3 is 2.70 bits per heavy atom. The lowest BCUT2D eigenvalue weighted by Gasteiger charge is -2.27. The van der Waals surface area contributed by atoms with Crippen molar-refractivity contribution in [2.24, 2.45) is 0 Å². The molecule has 0 N–H and O–H groups in total. The molecule has 0 bridgehead atoms. The van der Waals surface area contributed by atoms with Gasteiger partial charge in [0.2, 0.25) is 10.0 Å². The number of benzene rings is 1. The Balaban J connectivity index is 1.54. The van der Waals surface area contributed by atoms with Crippen LogP contribution in [0.3, 0.4) is 0 Å². The third-order valence-electron chi connectivity index (χ3n) is 4.47. The molecule has 2 aromatic heterocycles. The van der Waals surface area contributed by atoms with Gasteiger partial charge in [-0.3, -0.25) is 4.98 Å². The Morgan fingerprint density at radius 2 is 1.96 bits per heavy atom. The Morgan fingerprint density at radius 1 is 1.15 bits per heavy atom. The molecule has 1 aliphatic heterocycles. The van der Waals surface area contributed by atoms with Gasteiger partial charge < -0.3 is 4.74 Å². The molecule has 0 atom stereocenters. The van der Waals surface area contributed by atoms with E-state index in [4.69, 9.17) is 4.74 Å². The molecule has 1 aliphatic rings. The fraction of sp³-hybridized carbons (Fsp3) is 0.278. The normalized spacial score (nSPS) is 14.7. The van der Waals surface area contributed by atoms with Crippen molar-refractivity contribution in [1.82, 2.24) is 24.3 Å².